The first kappa shape index (κ1) is 19.9. The quantitative estimate of drug-likeness (QED) is 0.772. The standard InChI is InChI=1S/C17H16F3NO4S/c1-2-21-26(23,24)14-8-5-7-12(10-14)16(22)25-11-13-6-3-4-9-15(13)17(18,19)20/h3-10,21H,2,11H2,1H3. The van der Waals surface area contributed by atoms with E-state index in [1.165, 1.54) is 36.4 Å². The Hall–Kier alpha value is -2.39. The van der Waals surface area contributed by atoms with E-state index < -0.39 is 34.3 Å². The summed E-state index contributed by atoms with van der Waals surface area (Å²) in [6.45, 7) is 1.19. The number of esters is 1. The molecule has 5 nitrogen and oxygen atoms in total. The number of carbonyl (C=O) groups is 1. The molecule has 0 aromatic heterocycles. The predicted molar refractivity (Wildman–Crippen MR) is 87.9 cm³/mol. The molecule has 0 unspecified atom stereocenters. The fourth-order valence-electron chi connectivity index (χ4n) is 2.21. The Morgan fingerprint density at radius 3 is 2.46 bits per heavy atom. The molecule has 0 saturated carbocycles. The third-order valence-corrected chi connectivity index (χ3v) is 4.94. The van der Waals surface area contributed by atoms with Crippen LogP contribution in [0.25, 0.3) is 0 Å². The van der Waals surface area contributed by atoms with Crippen molar-refractivity contribution in [3.05, 3.63) is 65.2 Å². The number of benzene rings is 2. The summed E-state index contributed by atoms with van der Waals surface area (Å²) in [6.07, 6.45) is -4.57. The number of hydrogen-bond acceptors (Lipinski definition) is 4. The van der Waals surface area contributed by atoms with Crippen LogP contribution < -0.4 is 4.72 Å². The summed E-state index contributed by atoms with van der Waals surface area (Å²) in [5.74, 6) is -0.921. The Morgan fingerprint density at radius 1 is 1.12 bits per heavy atom. The normalized spacial score (nSPS) is 12.0. The van der Waals surface area contributed by atoms with Crippen molar-refractivity contribution in [2.75, 3.05) is 6.54 Å². The summed E-state index contributed by atoms with van der Waals surface area (Å²) in [6, 6.07) is 9.83. The van der Waals surface area contributed by atoms with Crippen molar-refractivity contribution in [1.29, 1.82) is 0 Å². The van der Waals surface area contributed by atoms with Crippen LogP contribution in [0, 0.1) is 0 Å². The van der Waals surface area contributed by atoms with Gasteiger partial charge < -0.3 is 4.74 Å². The number of nitrogens with one attached hydrogen (secondary N) is 1. The van der Waals surface area contributed by atoms with Crippen LogP contribution in [-0.4, -0.2) is 20.9 Å². The minimum Gasteiger partial charge on any atom is -0.457 e. The van der Waals surface area contributed by atoms with Crippen molar-refractivity contribution in [1.82, 2.24) is 4.72 Å². The molecular weight excluding hydrogens is 371 g/mol. The maximum absolute atomic E-state index is 12.9. The molecule has 0 bridgehead atoms. The Balaban J connectivity index is 2.18. The zero-order chi connectivity index (χ0) is 19.4. The number of carbonyl (C=O) groups excluding carboxylic acids is 1. The van der Waals surface area contributed by atoms with E-state index in [2.05, 4.69) is 4.72 Å². The number of sulfonamides is 1. The van der Waals surface area contributed by atoms with Crippen LogP contribution in [0.5, 0.6) is 0 Å². The first-order chi connectivity index (χ1) is 12.1. The predicted octanol–water partition coefficient (Wildman–Crippen LogP) is 3.36. The molecule has 1 N–H and O–H groups in total. The summed E-state index contributed by atoms with van der Waals surface area (Å²) in [5, 5.41) is 0. The fraction of sp³-hybridized carbons (Fsp3) is 0.235. The van der Waals surface area contributed by atoms with Gasteiger partial charge in [-0.05, 0) is 24.3 Å². The maximum Gasteiger partial charge on any atom is 0.416 e. The SMILES string of the molecule is CCNS(=O)(=O)c1cccc(C(=O)OCc2ccccc2C(F)(F)F)c1. The Kier molecular flexibility index (Phi) is 6.04. The molecule has 140 valence electrons. The van der Waals surface area contributed by atoms with E-state index in [-0.39, 0.29) is 22.6 Å². The van der Waals surface area contributed by atoms with Crippen LogP contribution in [0.1, 0.15) is 28.4 Å². The third-order valence-electron chi connectivity index (χ3n) is 3.40. The van der Waals surface area contributed by atoms with E-state index in [4.69, 9.17) is 4.74 Å². The van der Waals surface area contributed by atoms with Gasteiger partial charge in [0, 0.05) is 12.1 Å². The number of rotatable bonds is 6. The van der Waals surface area contributed by atoms with Gasteiger partial charge in [-0.1, -0.05) is 31.2 Å². The number of halogens is 3. The minimum atomic E-state index is -4.57. The monoisotopic (exact) mass is 387 g/mol. The molecule has 0 aliphatic heterocycles. The summed E-state index contributed by atoms with van der Waals surface area (Å²) in [4.78, 5) is 12.0. The van der Waals surface area contributed by atoms with E-state index in [9.17, 15) is 26.4 Å². The lowest BCUT2D eigenvalue weighted by molar-refractivity contribution is -0.138. The summed E-state index contributed by atoms with van der Waals surface area (Å²) in [7, 11) is -3.77. The summed E-state index contributed by atoms with van der Waals surface area (Å²) < 4.78 is 69.9. The van der Waals surface area contributed by atoms with Gasteiger partial charge in [0.1, 0.15) is 6.61 Å². The molecule has 0 amide bonds. The molecule has 2 aromatic rings. The smallest absolute Gasteiger partial charge is 0.416 e. The Morgan fingerprint density at radius 2 is 1.81 bits per heavy atom. The number of hydrogen-bond donors (Lipinski definition) is 1. The van der Waals surface area contributed by atoms with Crippen molar-refractivity contribution in [3.63, 3.8) is 0 Å². The van der Waals surface area contributed by atoms with Crippen LogP contribution in [0.3, 0.4) is 0 Å². The van der Waals surface area contributed by atoms with Gasteiger partial charge in [0.15, 0.2) is 0 Å². The maximum atomic E-state index is 12.9. The highest BCUT2D eigenvalue weighted by Crippen LogP contribution is 2.32. The highest BCUT2D eigenvalue weighted by atomic mass is 32.2. The van der Waals surface area contributed by atoms with Gasteiger partial charge in [0.05, 0.1) is 16.0 Å². The molecule has 26 heavy (non-hydrogen) atoms. The van der Waals surface area contributed by atoms with Crippen molar-refractivity contribution in [2.45, 2.75) is 24.6 Å². The highest BCUT2D eigenvalue weighted by Gasteiger charge is 2.33. The lowest BCUT2D eigenvalue weighted by Gasteiger charge is -2.13. The highest BCUT2D eigenvalue weighted by molar-refractivity contribution is 7.89. The zero-order valence-electron chi connectivity index (χ0n) is 13.7. The molecule has 2 rings (SSSR count). The van der Waals surface area contributed by atoms with E-state index in [0.29, 0.717) is 0 Å². The average molecular weight is 387 g/mol. The molecule has 0 atom stereocenters. The van der Waals surface area contributed by atoms with Gasteiger partial charge in [0.2, 0.25) is 10.0 Å². The lowest BCUT2D eigenvalue weighted by Crippen LogP contribution is -2.23. The molecule has 0 radical (unpaired) electrons. The first-order valence-electron chi connectivity index (χ1n) is 7.57. The van der Waals surface area contributed by atoms with Gasteiger partial charge in [-0.15, -0.1) is 0 Å². The van der Waals surface area contributed by atoms with Gasteiger partial charge >= 0.3 is 12.1 Å². The summed E-state index contributed by atoms with van der Waals surface area (Å²) >= 11 is 0. The van der Waals surface area contributed by atoms with E-state index >= 15 is 0 Å². The average Bonchev–Trinajstić information content (AvgIpc) is 2.59. The molecule has 0 aliphatic carbocycles. The molecule has 9 heteroatoms. The molecule has 0 fully saturated rings. The van der Waals surface area contributed by atoms with E-state index in [1.54, 1.807) is 6.92 Å². The Labute approximate surface area is 148 Å². The van der Waals surface area contributed by atoms with Crippen molar-refractivity contribution >= 4 is 16.0 Å². The molecule has 0 saturated heterocycles. The molecule has 0 aliphatic rings. The van der Waals surface area contributed by atoms with Crippen LogP contribution in [0.15, 0.2) is 53.4 Å². The van der Waals surface area contributed by atoms with Crippen LogP contribution in [0.4, 0.5) is 13.2 Å². The third kappa shape index (κ3) is 4.83. The van der Waals surface area contributed by atoms with Crippen molar-refractivity contribution in [3.8, 4) is 0 Å². The zero-order valence-corrected chi connectivity index (χ0v) is 14.5. The van der Waals surface area contributed by atoms with Crippen molar-refractivity contribution < 1.29 is 31.1 Å². The second-order valence-electron chi connectivity index (χ2n) is 5.26. The largest absolute Gasteiger partial charge is 0.457 e. The first-order valence-corrected chi connectivity index (χ1v) is 9.05. The van der Waals surface area contributed by atoms with Crippen molar-refractivity contribution in [2.24, 2.45) is 0 Å². The second-order valence-corrected chi connectivity index (χ2v) is 7.03. The van der Waals surface area contributed by atoms with E-state index in [0.717, 1.165) is 12.1 Å². The van der Waals surface area contributed by atoms with Crippen LogP contribution >= 0.6 is 0 Å². The van der Waals surface area contributed by atoms with Gasteiger partial charge in [0.25, 0.3) is 0 Å². The Bertz CT molecular complexity index is 895. The fourth-order valence-corrected chi connectivity index (χ4v) is 3.30. The minimum absolute atomic E-state index is 0.0755. The van der Waals surface area contributed by atoms with Crippen LogP contribution in [-0.2, 0) is 27.5 Å². The summed E-state index contributed by atoms with van der Waals surface area (Å²) in [5.41, 5.74) is -1.16. The van der Waals surface area contributed by atoms with Gasteiger partial charge in [-0.25, -0.2) is 17.9 Å². The van der Waals surface area contributed by atoms with Crippen LogP contribution in [0.2, 0.25) is 0 Å². The molecule has 2 aromatic carbocycles. The van der Waals surface area contributed by atoms with E-state index in [1.807, 2.05) is 0 Å². The number of alkyl halides is 3. The molecule has 0 heterocycles. The number of ether oxygens (including phenoxy) is 1. The van der Waals surface area contributed by atoms with Gasteiger partial charge in [-0.2, -0.15) is 13.2 Å². The second kappa shape index (κ2) is 7.88. The lowest BCUT2D eigenvalue weighted by atomic mass is 10.1. The molecular formula is C17H16F3NO4S. The van der Waals surface area contributed by atoms with Gasteiger partial charge in [-0.3, -0.25) is 0 Å². The topological polar surface area (TPSA) is 72.5 Å². The molecule has 0 spiro atoms.